The average Bonchev–Trinajstić information content (AvgIpc) is 2.08. The van der Waals surface area contributed by atoms with Crippen LogP contribution in [-0.4, -0.2) is 18.2 Å². The van der Waals surface area contributed by atoms with Crippen LogP contribution < -0.4 is 0 Å². The van der Waals surface area contributed by atoms with Crippen LogP contribution in [0, 0.1) is 5.82 Å². The molecule has 0 amide bonds. The van der Waals surface area contributed by atoms with Gasteiger partial charge in [-0.05, 0) is 0 Å². The van der Waals surface area contributed by atoms with E-state index < -0.39 is 19.9 Å². The van der Waals surface area contributed by atoms with Crippen molar-refractivity contribution in [3.05, 3.63) is 12.0 Å². The second kappa shape index (κ2) is 2.46. The van der Waals surface area contributed by atoms with Gasteiger partial charge in [0, 0.05) is 17.7 Å². The number of aryl methyl sites for hydroxylation is 1. The smallest absolute Gasteiger partial charge is 0.271 e. The fraction of sp³-hybridized carbons (Fsp3) is 0.250. The van der Waals surface area contributed by atoms with Crippen molar-refractivity contribution in [1.82, 2.24) is 9.78 Å². The lowest BCUT2D eigenvalue weighted by Crippen LogP contribution is -1.95. The molecule has 1 aromatic heterocycles. The van der Waals surface area contributed by atoms with Crippen molar-refractivity contribution in [2.75, 3.05) is 0 Å². The molecule has 0 unspecified atom stereocenters. The van der Waals surface area contributed by atoms with Crippen molar-refractivity contribution in [1.29, 1.82) is 0 Å². The van der Waals surface area contributed by atoms with Gasteiger partial charge >= 0.3 is 0 Å². The predicted octanol–water partition coefficient (Wildman–Crippen LogP) is 0.487. The van der Waals surface area contributed by atoms with Crippen LogP contribution in [0.2, 0.25) is 0 Å². The first-order valence-corrected chi connectivity index (χ1v) is 4.86. The van der Waals surface area contributed by atoms with E-state index in [1.807, 2.05) is 0 Å². The molecule has 7 heteroatoms. The van der Waals surface area contributed by atoms with Gasteiger partial charge in [-0.25, -0.2) is 12.8 Å². The topological polar surface area (TPSA) is 52.0 Å². The fourth-order valence-electron chi connectivity index (χ4n) is 0.604. The minimum atomic E-state index is -4.05. The number of halogens is 2. The SMILES string of the molecule is Cn1cc(F)c(S(=O)(=O)Cl)n1. The Labute approximate surface area is 67.0 Å². The lowest BCUT2D eigenvalue weighted by Gasteiger charge is -1.86. The Bertz CT molecular complexity index is 371. The number of hydrogen-bond acceptors (Lipinski definition) is 3. The van der Waals surface area contributed by atoms with Gasteiger partial charge in [-0.3, -0.25) is 4.68 Å². The molecule has 0 fully saturated rings. The minimum absolute atomic E-state index is 0.735. The second-order valence-corrected chi connectivity index (χ2v) is 4.37. The quantitative estimate of drug-likeness (QED) is 0.617. The summed E-state index contributed by atoms with van der Waals surface area (Å²) in [6, 6.07) is 0. The molecule has 0 aliphatic rings. The summed E-state index contributed by atoms with van der Waals surface area (Å²) < 4.78 is 34.6. The van der Waals surface area contributed by atoms with Gasteiger partial charge < -0.3 is 0 Å². The largest absolute Gasteiger partial charge is 0.283 e. The molecule has 4 nitrogen and oxygen atoms in total. The van der Waals surface area contributed by atoms with Crippen LogP contribution in [0.5, 0.6) is 0 Å². The summed E-state index contributed by atoms with van der Waals surface area (Å²) in [5.41, 5.74) is 0. The van der Waals surface area contributed by atoms with Crippen molar-refractivity contribution in [2.45, 2.75) is 5.03 Å². The van der Waals surface area contributed by atoms with Crippen LogP contribution in [-0.2, 0) is 16.1 Å². The van der Waals surface area contributed by atoms with Gasteiger partial charge in [-0.2, -0.15) is 5.10 Å². The summed E-state index contributed by atoms with van der Waals surface area (Å²) in [7, 11) is 2.18. The van der Waals surface area contributed by atoms with Crippen LogP contribution >= 0.6 is 10.7 Å². The first kappa shape index (κ1) is 8.48. The summed E-state index contributed by atoms with van der Waals surface area (Å²) in [6.45, 7) is 0. The van der Waals surface area contributed by atoms with Crippen molar-refractivity contribution in [3.63, 3.8) is 0 Å². The molecule has 0 bridgehead atoms. The molecule has 11 heavy (non-hydrogen) atoms. The van der Waals surface area contributed by atoms with E-state index in [1.165, 1.54) is 7.05 Å². The molecule has 0 spiro atoms. The van der Waals surface area contributed by atoms with Crippen LogP contribution in [0.4, 0.5) is 4.39 Å². The molecular formula is C4H4ClFN2O2S. The van der Waals surface area contributed by atoms with Crippen LogP contribution in [0.25, 0.3) is 0 Å². The molecule has 0 radical (unpaired) electrons. The maximum Gasteiger partial charge on any atom is 0.283 e. The molecule has 0 N–H and O–H groups in total. The highest BCUT2D eigenvalue weighted by atomic mass is 35.7. The van der Waals surface area contributed by atoms with Crippen LogP contribution in [0.15, 0.2) is 11.2 Å². The molecule has 0 atom stereocenters. The van der Waals surface area contributed by atoms with Crippen molar-refractivity contribution in [2.24, 2.45) is 7.05 Å². The third kappa shape index (κ3) is 1.69. The van der Waals surface area contributed by atoms with E-state index in [4.69, 9.17) is 10.7 Å². The number of nitrogens with zero attached hydrogens (tertiary/aromatic N) is 2. The Balaban J connectivity index is 3.36. The lowest BCUT2D eigenvalue weighted by atomic mass is 10.7. The lowest BCUT2D eigenvalue weighted by molar-refractivity contribution is 0.571. The monoisotopic (exact) mass is 198 g/mol. The van der Waals surface area contributed by atoms with Crippen molar-refractivity contribution >= 4 is 19.7 Å². The van der Waals surface area contributed by atoms with Crippen LogP contribution in [0.3, 0.4) is 0 Å². The number of aromatic nitrogens is 2. The zero-order valence-electron chi connectivity index (χ0n) is 5.45. The van der Waals surface area contributed by atoms with E-state index in [2.05, 4.69) is 5.10 Å². The molecule has 1 heterocycles. The minimum Gasteiger partial charge on any atom is -0.271 e. The fourth-order valence-corrected chi connectivity index (χ4v) is 1.43. The maximum atomic E-state index is 12.6. The molecule has 0 aliphatic heterocycles. The third-order valence-corrected chi connectivity index (χ3v) is 2.16. The Morgan fingerprint density at radius 2 is 2.27 bits per heavy atom. The first-order valence-electron chi connectivity index (χ1n) is 2.55. The summed E-state index contributed by atoms with van der Waals surface area (Å²) in [6.07, 6.45) is 0.926. The van der Waals surface area contributed by atoms with E-state index >= 15 is 0 Å². The number of rotatable bonds is 1. The van der Waals surface area contributed by atoms with E-state index in [1.54, 1.807) is 0 Å². The predicted molar refractivity (Wildman–Crippen MR) is 36.2 cm³/mol. The van der Waals surface area contributed by atoms with Crippen molar-refractivity contribution in [3.8, 4) is 0 Å². The average molecular weight is 199 g/mol. The molecular weight excluding hydrogens is 195 g/mol. The van der Waals surface area contributed by atoms with Gasteiger partial charge in [0.1, 0.15) is 0 Å². The highest BCUT2D eigenvalue weighted by Crippen LogP contribution is 2.15. The summed E-state index contributed by atoms with van der Waals surface area (Å²) in [5, 5.41) is 2.57. The molecule has 0 aromatic carbocycles. The van der Waals surface area contributed by atoms with E-state index in [0.29, 0.717) is 0 Å². The third-order valence-electron chi connectivity index (χ3n) is 0.984. The maximum absolute atomic E-state index is 12.6. The van der Waals surface area contributed by atoms with Gasteiger partial charge in [0.05, 0.1) is 6.20 Å². The molecule has 62 valence electrons. The van der Waals surface area contributed by atoms with Gasteiger partial charge in [0.25, 0.3) is 9.05 Å². The normalized spacial score (nSPS) is 11.9. The van der Waals surface area contributed by atoms with E-state index in [9.17, 15) is 12.8 Å². The standard InChI is InChI=1S/C4H4ClFN2O2S/c1-8-2-3(6)4(7-8)11(5,9)10/h2H,1H3. The first-order chi connectivity index (χ1) is 4.91. The molecule has 0 aliphatic carbocycles. The Morgan fingerprint density at radius 1 is 1.73 bits per heavy atom. The molecule has 0 saturated heterocycles. The molecule has 1 rings (SSSR count). The van der Waals surface area contributed by atoms with Crippen LogP contribution in [0.1, 0.15) is 0 Å². The summed E-state index contributed by atoms with van der Waals surface area (Å²) in [4.78, 5) is 0. The second-order valence-electron chi connectivity index (χ2n) is 1.89. The molecule has 0 saturated carbocycles. The Hall–Kier alpha value is -0.620. The Morgan fingerprint density at radius 3 is 2.45 bits per heavy atom. The van der Waals surface area contributed by atoms with Gasteiger partial charge in [-0.15, -0.1) is 0 Å². The zero-order chi connectivity index (χ0) is 8.65. The number of hydrogen-bond donors (Lipinski definition) is 0. The zero-order valence-corrected chi connectivity index (χ0v) is 7.02. The van der Waals surface area contributed by atoms with E-state index in [0.717, 1.165) is 10.9 Å². The highest BCUT2D eigenvalue weighted by Gasteiger charge is 2.19. The van der Waals surface area contributed by atoms with Crippen molar-refractivity contribution < 1.29 is 12.8 Å². The Kier molecular flexibility index (Phi) is 1.89. The van der Waals surface area contributed by atoms with Gasteiger partial charge in [-0.1, -0.05) is 0 Å². The van der Waals surface area contributed by atoms with E-state index in [-0.39, 0.29) is 0 Å². The summed E-state index contributed by atoms with van der Waals surface area (Å²) in [5.74, 6) is -0.942. The highest BCUT2D eigenvalue weighted by molar-refractivity contribution is 8.13. The summed E-state index contributed by atoms with van der Waals surface area (Å²) >= 11 is 0. The van der Waals surface area contributed by atoms with Gasteiger partial charge in [0.15, 0.2) is 5.82 Å². The van der Waals surface area contributed by atoms with Gasteiger partial charge in [0.2, 0.25) is 5.03 Å². The molecule has 1 aromatic rings.